The summed E-state index contributed by atoms with van der Waals surface area (Å²) in [5.41, 5.74) is 0.0346. The van der Waals surface area contributed by atoms with Crippen LogP contribution in [0.3, 0.4) is 0 Å². The minimum absolute atomic E-state index is 0.000796. The van der Waals surface area contributed by atoms with Gasteiger partial charge < -0.3 is 9.15 Å². The summed E-state index contributed by atoms with van der Waals surface area (Å²) in [5.74, 6) is 1.90. The fraction of sp³-hybridized carbons (Fsp3) is 0.500. The number of nitrogens with zero attached hydrogens (tertiary/aromatic N) is 5. The molecule has 4 aliphatic carbocycles. The third kappa shape index (κ3) is 3.28. The number of nitro groups is 1. The van der Waals surface area contributed by atoms with E-state index in [9.17, 15) is 18.9 Å². The summed E-state index contributed by atoms with van der Waals surface area (Å²) >= 11 is 0. The van der Waals surface area contributed by atoms with E-state index in [1.807, 2.05) is 0 Å². The molecule has 172 valence electrons. The first-order valence-electron chi connectivity index (χ1n) is 10.9. The van der Waals surface area contributed by atoms with E-state index in [0.29, 0.717) is 29.2 Å². The van der Waals surface area contributed by atoms with Crippen molar-refractivity contribution in [2.24, 2.45) is 11.8 Å². The van der Waals surface area contributed by atoms with Gasteiger partial charge in [0.25, 0.3) is 0 Å². The molecule has 1 aromatic carbocycles. The van der Waals surface area contributed by atoms with Crippen molar-refractivity contribution in [2.75, 3.05) is 0 Å². The van der Waals surface area contributed by atoms with Gasteiger partial charge in [-0.1, -0.05) is 0 Å². The first-order chi connectivity index (χ1) is 15.8. The quantitative estimate of drug-likeness (QED) is 0.390. The van der Waals surface area contributed by atoms with Crippen LogP contribution in [-0.2, 0) is 11.0 Å². The number of halogens is 2. The van der Waals surface area contributed by atoms with Crippen molar-refractivity contribution in [3.63, 3.8) is 0 Å². The zero-order valence-corrected chi connectivity index (χ0v) is 17.6. The molecule has 2 heterocycles. The summed E-state index contributed by atoms with van der Waals surface area (Å²) < 4.78 is 37.1. The Kier molecular flexibility index (Phi) is 4.33. The molecular weight excluding hydrogens is 436 g/mol. The van der Waals surface area contributed by atoms with Crippen molar-refractivity contribution >= 4 is 5.69 Å². The number of benzene rings is 1. The number of ether oxygens (including phenoxy) is 1. The fourth-order valence-electron chi connectivity index (χ4n) is 6.73. The Labute approximate surface area is 186 Å². The van der Waals surface area contributed by atoms with E-state index >= 15 is 0 Å². The molecular formula is C22H21F2N5O4. The number of hydrogen-bond donors (Lipinski definition) is 0. The van der Waals surface area contributed by atoms with E-state index < -0.39 is 11.5 Å². The Morgan fingerprint density at radius 2 is 1.88 bits per heavy atom. The standard InChI is InChI=1S/C22H21F2N5O4/c23-20(24)32-17-3-1-15(2-4-17)18-26-27-19(33-18)21-6-13-5-14(7-21)9-22(8-13,12-21)28-11-16(10-25-28)29(30)31/h1-4,10-11,13-14,20H,5-9,12H2. The van der Waals surface area contributed by atoms with Crippen molar-refractivity contribution in [3.8, 4) is 17.2 Å². The highest BCUT2D eigenvalue weighted by atomic mass is 19.3. The molecule has 9 nitrogen and oxygen atoms in total. The largest absolute Gasteiger partial charge is 0.435 e. The lowest BCUT2D eigenvalue weighted by Gasteiger charge is -2.60. The smallest absolute Gasteiger partial charge is 0.387 e. The number of rotatable bonds is 6. The molecule has 2 atom stereocenters. The maximum atomic E-state index is 12.4. The average molecular weight is 457 g/mol. The second-order valence-electron chi connectivity index (χ2n) is 9.68. The number of hydrogen-bond acceptors (Lipinski definition) is 7. The molecule has 33 heavy (non-hydrogen) atoms. The first kappa shape index (κ1) is 20.3. The van der Waals surface area contributed by atoms with Gasteiger partial charge in [0.05, 0.1) is 15.9 Å². The summed E-state index contributed by atoms with van der Waals surface area (Å²) in [5, 5.41) is 24.2. The van der Waals surface area contributed by atoms with Crippen molar-refractivity contribution in [1.82, 2.24) is 20.0 Å². The van der Waals surface area contributed by atoms with Gasteiger partial charge in [-0.25, -0.2) is 0 Å². The molecule has 4 saturated carbocycles. The lowest BCUT2D eigenvalue weighted by atomic mass is 9.47. The van der Waals surface area contributed by atoms with Crippen LogP contribution < -0.4 is 4.74 Å². The molecule has 0 aliphatic heterocycles. The van der Waals surface area contributed by atoms with Crippen molar-refractivity contribution < 1.29 is 22.9 Å². The van der Waals surface area contributed by atoms with E-state index in [4.69, 9.17) is 4.42 Å². The van der Waals surface area contributed by atoms with Crippen LogP contribution in [0.4, 0.5) is 14.5 Å². The molecule has 0 amide bonds. The van der Waals surface area contributed by atoms with Crippen LogP contribution in [0.5, 0.6) is 5.75 Å². The summed E-state index contributed by atoms with van der Waals surface area (Å²) in [6, 6.07) is 6.10. The highest BCUT2D eigenvalue weighted by molar-refractivity contribution is 5.54. The molecule has 4 aliphatic rings. The minimum Gasteiger partial charge on any atom is -0.435 e. The molecule has 4 fully saturated rings. The normalized spacial score (nSPS) is 30.2. The maximum absolute atomic E-state index is 12.4. The SMILES string of the molecule is O=[N+]([O-])c1cnn(C23CC4CC(CC(c5nnc(-c6ccc(OC(F)F)cc6)o5)(C4)C2)C3)c1. The molecule has 0 N–H and O–H groups in total. The Bertz CT molecular complexity index is 1190. The van der Waals surface area contributed by atoms with Crippen LogP contribution in [0.15, 0.2) is 41.1 Å². The van der Waals surface area contributed by atoms with Gasteiger partial charge in [0.1, 0.15) is 18.1 Å². The summed E-state index contributed by atoms with van der Waals surface area (Å²) in [7, 11) is 0. The van der Waals surface area contributed by atoms with Gasteiger partial charge in [-0.2, -0.15) is 13.9 Å². The van der Waals surface area contributed by atoms with Crippen LogP contribution in [0.25, 0.3) is 11.5 Å². The molecule has 4 bridgehead atoms. The Balaban J connectivity index is 1.31. The summed E-state index contributed by atoms with van der Waals surface area (Å²) in [4.78, 5) is 10.8. The number of alkyl halides is 2. The Hall–Kier alpha value is -3.37. The molecule has 2 aromatic heterocycles. The third-order valence-corrected chi connectivity index (χ3v) is 7.50. The van der Waals surface area contributed by atoms with Gasteiger partial charge in [-0.15, -0.1) is 10.2 Å². The van der Waals surface area contributed by atoms with Gasteiger partial charge in [0.2, 0.25) is 11.8 Å². The first-order valence-corrected chi connectivity index (χ1v) is 10.9. The van der Waals surface area contributed by atoms with Gasteiger partial charge in [0, 0.05) is 5.56 Å². The van der Waals surface area contributed by atoms with E-state index in [-0.39, 0.29) is 22.4 Å². The molecule has 11 heteroatoms. The second-order valence-corrected chi connectivity index (χ2v) is 9.68. The van der Waals surface area contributed by atoms with Gasteiger partial charge >= 0.3 is 12.3 Å². The topological polar surface area (TPSA) is 109 Å². The van der Waals surface area contributed by atoms with E-state index in [0.717, 1.165) is 38.5 Å². The molecule has 0 radical (unpaired) electrons. The van der Waals surface area contributed by atoms with Crippen LogP contribution >= 0.6 is 0 Å². The predicted octanol–water partition coefficient (Wildman–Crippen LogP) is 4.69. The maximum Gasteiger partial charge on any atom is 0.387 e. The molecule has 3 aromatic rings. The monoisotopic (exact) mass is 457 g/mol. The van der Waals surface area contributed by atoms with E-state index in [1.165, 1.54) is 18.3 Å². The zero-order valence-electron chi connectivity index (χ0n) is 17.6. The van der Waals surface area contributed by atoms with Crippen LogP contribution in [-0.4, -0.2) is 31.5 Å². The van der Waals surface area contributed by atoms with Gasteiger partial charge in [-0.05, 0) is 74.6 Å². The van der Waals surface area contributed by atoms with Gasteiger partial charge in [0.15, 0.2) is 0 Å². The van der Waals surface area contributed by atoms with Crippen molar-refractivity contribution in [2.45, 2.75) is 56.1 Å². The number of aromatic nitrogens is 4. The van der Waals surface area contributed by atoms with Crippen molar-refractivity contribution in [1.29, 1.82) is 0 Å². The van der Waals surface area contributed by atoms with E-state index in [1.54, 1.807) is 23.0 Å². The molecule has 0 saturated heterocycles. The van der Waals surface area contributed by atoms with Gasteiger partial charge in [-0.3, -0.25) is 14.8 Å². The summed E-state index contributed by atoms with van der Waals surface area (Å²) in [6.45, 7) is -2.88. The third-order valence-electron chi connectivity index (χ3n) is 7.50. The lowest BCUT2D eigenvalue weighted by molar-refractivity contribution is -0.385. The summed E-state index contributed by atoms with van der Waals surface area (Å²) in [6.07, 6.45) is 8.51. The average Bonchev–Trinajstić information content (AvgIpc) is 3.44. The Morgan fingerprint density at radius 3 is 2.52 bits per heavy atom. The molecule has 7 rings (SSSR count). The molecule has 0 spiro atoms. The second kappa shape index (κ2) is 7.06. The van der Waals surface area contributed by atoms with E-state index in [2.05, 4.69) is 20.0 Å². The highest BCUT2D eigenvalue weighted by Gasteiger charge is 2.61. The van der Waals surface area contributed by atoms with Crippen molar-refractivity contribution in [3.05, 3.63) is 52.7 Å². The zero-order chi connectivity index (χ0) is 22.8. The Morgan fingerprint density at radius 1 is 1.15 bits per heavy atom. The van der Waals surface area contributed by atoms with Crippen LogP contribution in [0.2, 0.25) is 0 Å². The highest BCUT2D eigenvalue weighted by Crippen LogP contribution is 2.64. The van der Waals surface area contributed by atoms with Crippen LogP contribution in [0.1, 0.15) is 44.4 Å². The minimum atomic E-state index is -2.88. The fourth-order valence-corrected chi connectivity index (χ4v) is 6.73. The molecule has 2 unspecified atom stereocenters. The predicted molar refractivity (Wildman–Crippen MR) is 110 cm³/mol. The lowest BCUT2D eigenvalue weighted by Crippen LogP contribution is -2.58. The van der Waals surface area contributed by atoms with Crippen LogP contribution in [0, 0.1) is 22.0 Å².